The van der Waals surface area contributed by atoms with Crippen LogP contribution < -0.4 is 10.2 Å². The second kappa shape index (κ2) is 6.42. The molecule has 5 nitrogen and oxygen atoms in total. The normalized spacial score (nSPS) is 11.0. The van der Waals surface area contributed by atoms with Crippen LogP contribution in [0.3, 0.4) is 0 Å². The van der Waals surface area contributed by atoms with Gasteiger partial charge in [-0.25, -0.2) is 0 Å². The average Bonchev–Trinajstić information content (AvgIpc) is 2.45. The van der Waals surface area contributed by atoms with Gasteiger partial charge in [-0.1, -0.05) is 6.92 Å². The molecule has 1 rings (SSSR count). The minimum absolute atomic E-state index is 0.0269. The number of amides is 1. The lowest BCUT2D eigenvalue weighted by Gasteiger charge is -2.23. The fraction of sp³-hybridized carbons (Fsp3) is 0.357. The van der Waals surface area contributed by atoms with Crippen LogP contribution in [0.2, 0.25) is 0 Å². The number of carbonyl (C=O) groups is 1. The van der Waals surface area contributed by atoms with E-state index in [1.807, 2.05) is 31.0 Å². The molecule has 1 amide bonds. The average molecular weight is 256 g/mol. The minimum atomic E-state index is -0.156. The van der Waals surface area contributed by atoms with E-state index in [1.54, 1.807) is 25.2 Å². The third-order valence-electron chi connectivity index (χ3n) is 2.93. The van der Waals surface area contributed by atoms with Gasteiger partial charge >= 0.3 is 0 Å². The largest absolute Gasteiger partial charge is 0.374 e. The van der Waals surface area contributed by atoms with Crippen molar-refractivity contribution in [3.8, 4) is 12.1 Å². The Labute approximate surface area is 113 Å². The Morgan fingerprint density at radius 2 is 2.00 bits per heavy atom. The molecule has 98 valence electrons. The van der Waals surface area contributed by atoms with E-state index in [0.29, 0.717) is 17.7 Å². The summed E-state index contributed by atoms with van der Waals surface area (Å²) < 4.78 is 0. The van der Waals surface area contributed by atoms with Crippen molar-refractivity contribution in [2.45, 2.75) is 6.92 Å². The van der Waals surface area contributed by atoms with Crippen molar-refractivity contribution >= 4 is 11.6 Å². The molecule has 1 N–H and O–H groups in total. The van der Waals surface area contributed by atoms with Crippen LogP contribution in [0, 0.1) is 28.6 Å². The van der Waals surface area contributed by atoms with Crippen molar-refractivity contribution in [3.05, 3.63) is 29.3 Å². The molecule has 0 saturated carbocycles. The van der Waals surface area contributed by atoms with Crippen LogP contribution in [0.5, 0.6) is 0 Å². The maximum absolute atomic E-state index is 11.5. The lowest BCUT2D eigenvalue weighted by Crippen LogP contribution is -2.34. The quantitative estimate of drug-likeness (QED) is 0.879. The van der Waals surface area contributed by atoms with Crippen LogP contribution in [0.1, 0.15) is 18.1 Å². The first-order chi connectivity index (χ1) is 9.03. The van der Waals surface area contributed by atoms with Crippen LogP contribution in [0.15, 0.2) is 18.2 Å². The summed E-state index contributed by atoms with van der Waals surface area (Å²) in [6.07, 6.45) is 0. The summed E-state index contributed by atoms with van der Waals surface area (Å²) in [6, 6.07) is 9.03. The van der Waals surface area contributed by atoms with Gasteiger partial charge in [0.25, 0.3) is 0 Å². The van der Waals surface area contributed by atoms with Crippen molar-refractivity contribution in [2.24, 2.45) is 5.92 Å². The fourth-order valence-corrected chi connectivity index (χ4v) is 1.81. The molecular weight excluding hydrogens is 240 g/mol. The van der Waals surface area contributed by atoms with Gasteiger partial charge < -0.3 is 10.2 Å². The number of benzene rings is 1. The summed E-state index contributed by atoms with van der Waals surface area (Å²) in [7, 11) is 3.45. The van der Waals surface area contributed by atoms with E-state index in [0.717, 1.165) is 5.69 Å². The molecule has 0 heterocycles. The van der Waals surface area contributed by atoms with E-state index in [-0.39, 0.29) is 11.8 Å². The number of nitrogens with zero attached hydrogens (tertiary/aromatic N) is 3. The summed E-state index contributed by atoms with van der Waals surface area (Å²) in [5.74, 6) is -0.183. The van der Waals surface area contributed by atoms with Crippen molar-refractivity contribution in [3.63, 3.8) is 0 Å². The van der Waals surface area contributed by atoms with Crippen LogP contribution in [0.4, 0.5) is 5.69 Å². The molecule has 1 atom stereocenters. The zero-order valence-corrected chi connectivity index (χ0v) is 11.3. The highest BCUT2D eigenvalue weighted by molar-refractivity contribution is 5.78. The van der Waals surface area contributed by atoms with Crippen LogP contribution >= 0.6 is 0 Å². The topological polar surface area (TPSA) is 79.9 Å². The van der Waals surface area contributed by atoms with Gasteiger partial charge in [0.1, 0.15) is 12.1 Å². The number of rotatable bonds is 4. The number of nitrogens with one attached hydrogen (secondary N) is 1. The van der Waals surface area contributed by atoms with Gasteiger partial charge in [-0.2, -0.15) is 10.5 Å². The Hall–Kier alpha value is -2.53. The molecule has 0 aromatic heterocycles. The number of anilines is 1. The van der Waals surface area contributed by atoms with Crippen molar-refractivity contribution in [1.29, 1.82) is 10.5 Å². The SMILES string of the molecule is CNC(=O)C(C)CN(C)c1ccc(C#N)c(C#N)c1. The third kappa shape index (κ3) is 3.46. The summed E-state index contributed by atoms with van der Waals surface area (Å²) >= 11 is 0. The summed E-state index contributed by atoms with van der Waals surface area (Å²) in [5.41, 5.74) is 1.52. The molecule has 0 saturated heterocycles. The Morgan fingerprint density at radius 1 is 1.37 bits per heavy atom. The Bertz CT molecular complexity index is 554. The standard InChI is InChI=1S/C14H16N4O/c1-10(14(19)17-2)9-18(3)13-5-4-11(7-15)12(6-13)8-16/h4-6,10H,9H2,1-3H3,(H,17,19). The number of carbonyl (C=O) groups excluding carboxylic acids is 1. The van der Waals surface area contributed by atoms with Gasteiger partial charge in [0.05, 0.1) is 17.0 Å². The predicted octanol–water partition coefficient (Wildman–Crippen LogP) is 1.25. The molecule has 0 aliphatic rings. The maximum atomic E-state index is 11.5. The molecule has 1 unspecified atom stereocenters. The molecule has 0 spiro atoms. The second-order valence-corrected chi connectivity index (χ2v) is 4.35. The van der Waals surface area contributed by atoms with E-state index in [2.05, 4.69) is 5.32 Å². The van der Waals surface area contributed by atoms with Crippen LogP contribution in [0.25, 0.3) is 0 Å². The van der Waals surface area contributed by atoms with Gasteiger partial charge in [-0.3, -0.25) is 4.79 Å². The molecule has 0 aliphatic carbocycles. The zero-order chi connectivity index (χ0) is 14.4. The first kappa shape index (κ1) is 14.5. The van der Waals surface area contributed by atoms with E-state index >= 15 is 0 Å². The third-order valence-corrected chi connectivity index (χ3v) is 2.93. The Balaban J connectivity index is 2.90. The van der Waals surface area contributed by atoms with Gasteiger partial charge in [0.15, 0.2) is 0 Å². The smallest absolute Gasteiger partial charge is 0.224 e. The maximum Gasteiger partial charge on any atom is 0.224 e. The Kier molecular flexibility index (Phi) is 4.91. The Morgan fingerprint density at radius 3 is 2.53 bits per heavy atom. The molecule has 0 aliphatic heterocycles. The van der Waals surface area contributed by atoms with Gasteiger partial charge in [-0.15, -0.1) is 0 Å². The zero-order valence-electron chi connectivity index (χ0n) is 11.3. The van der Waals surface area contributed by atoms with Crippen LogP contribution in [-0.2, 0) is 4.79 Å². The van der Waals surface area contributed by atoms with Crippen LogP contribution in [-0.4, -0.2) is 26.5 Å². The van der Waals surface area contributed by atoms with Crippen molar-refractivity contribution < 1.29 is 4.79 Å². The van der Waals surface area contributed by atoms with Gasteiger partial charge in [0, 0.05) is 26.3 Å². The molecule has 0 fully saturated rings. The lowest BCUT2D eigenvalue weighted by atomic mass is 10.1. The highest BCUT2D eigenvalue weighted by Gasteiger charge is 2.14. The summed E-state index contributed by atoms with van der Waals surface area (Å²) in [5, 5.41) is 20.4. The number of nitriles is 2. The summed E-state index contributed by atoms with van der Waals surface area (Å²) in [6.45, 7) is 2.38. The van der Waals surface area contributed by atoms with E-state index in [4.69, 9.17) is 10.5 Å². The highest BCUT2D eigenvalue weighted by atomic mass is 16.1. The number of hydrogen-bond acceptors (Lipinski definition) is 4. The van der Waals surface area contributed by atoms with Crippen molar-refractivity contribution in [2.75, 3.05) is 25.5 Å². The molecule has 0 bridgehead atoms. The summed E-state index contributed by atoms with van der Waals surface area (Å²) in [4.78, 5) is 13.4. The molecule has 5 heteroatoms. The lowest BCUT2D eigenvalue weighted by molar-refractivity contribution is -0.123. The predicted molar refractivity (Wildman–Crippen MR) is 72.4 cm³/mol. The van der Waals surface area contributed by atoms with E-state index in [1.165, 1.54) is 0 Å². The molecule has 1 aromatic rings. The minimum Gasteiger partial charge on any atom is -0.374 e. The van der Waals surface area contributed by atoms with E-state index in [9.17, 15) is 4.79 Å². The first-order valence-corrected chi connectivity index (χ1v) is 5.90. The molecule has 1 aromatic carbocycles. The molecule has 19 heavy (non-hydrogen) atoms. The molecule has 0 radical (unpaired) electrons. The van der Waals surface area contributed by atoms with Gasteiger partial charge in [-0.05, 0) is 18.2 Å². The van der Waals surface area contributed by atoms with E-state index < -0.39 is 0 Å². The second-order valence-electron chi connectivity index (χ2n) is 4.35. The number of hydrogen-bond donors (Lipinski definition) is 1. The molecular formula is C14H16N4O. The van der Waals surface area contributed by atoms with Gasteiger partial charge in [0.2, 0.25) is 5.91 Å². The first-order valence-electron chi connectivity index (χ1n) is 5.90. The monoisotopic (exact) mass is 256 g/mol. The fourth-order valence-electron chi connectivity index (χ4n) is 1.81. The van der Waals surface area contributed by atoms with Crippen molar-refractivity contribution in [1.82, 2.24) is 5.32 Å². The highest BCUT2D eigenvalue weighted by Crippen LogP contribution is 2.18.